The fourth-order valence-electron chi connectivity index (χ4n) is 3.30. The lowest BCUT2D eigenvalue weighted by atomic mass is 9.86. The van der Waals surface area contributed by atoms with Crippen LogP contribution in [0.5, 0.6) is 0 Å². The van der Waals surface area contributed by atoms with Crippen LogP contribution in [0.3, 0.4) is 0 Å². The molecule has 142 valence electrons. The Balaban J connectivity index is 1.76. The van der Waals surface area contributed by atoms with Gasteiger partial charge in [-0.3, -0.25) is 4.90 Å². The number of amides is 2. The van der Waals surface area contributed by atoms with Gasteiger partial charge < -0.3 is 10.2 Å². The molecule has 0 spiro atoms. The molecule has 0 heterocycles. The van der Waals surface area contributed by atoms with Gasteiger partial charge in [-0.15, -0.1) is 0 Å². The third-order valence-electron chi connectivity index (χ3n) is 4.92. The molecule has 1 saturated carbocycles. The molecule has 0 unspecified atom stereocenters. The van der Waals surface area contributed by atoms with Crippen molar-refractivity contribution in [2.45, 2.75) is 45.1 Å². The summed E-state index contributed by atoms with van der Waals surface area (Å²) in [5, 5.41) is 3.59. The van der Waals surface area contributed by atoms with Crippen molar-refractivity contribution in [1.29, 1.82) is 0 Å². The van der Waals surface area contributed by atoms with E-state index < -0.39 is 0 Å². The van der Waals surface area contributed by atoms with Gasteiger partial charge in [-0.1, -0.05) is 30.4 Å². The predicted octanol–water partition coefficient (Wildman–Crippen LogP) is 4.71. The molecular weight excluding hydrogens is 346 g/mol. The number of benzene rings is 1. The zero-order valence-corrected chi connectivity index (χ0v) is 16.9. The summed E-state index contributed by atoms with van der Waals surface area (Å²) in [6.45, 7) is 4.12. The van der Waals surface area contributed by atoms with Gasteiger partial charge >= 0.3 is 6.03 Å². The average Bonchev–Trinajstić information content (AvgIpc) is 2.64. The molecule has 26 heavy (non-hydrogen) atoms. The molecule has 1 aromatic rings. The molecule has 1 aromatic carbocycles. The lowest BCUT2D eigenvalue weighted by molar-refractivity contribution is 0.179. The maximum absolute atomic E-state index is 12.4. The fourth-order valence-corrected chi connectivity index (χ4v) is 3.43. The molecule has 0 aliphatic heterocycles. The summed E-state index contributed by atoms with van der Waals surface area (Å²) in [6, 6.07) is 7.40. The summed E-state index contributed by atoms with van der Waals surface area (Å²) in [5.41, 5.74) is 0.766. The number of nitrogens with zero attached hydrogens (tertiary/aromatic N) is 2. The van der Waals surface area contributed by atoms with Crippen molar-refractivity contribution in [1.82, 2.24) is 9.80 Å². The number of hydrogen-bond acceptors (Lipinski definition) is 2. The molecular formula is C21H30ClN3O. The highest BCUT2D eigenvalue weighted by atomic mass is 35.5. The zero-order chi connectivity index (χ0) is 18.9. The molecule has 1 fully saturated rings. The maximum atomic E-state index is 12.4. The van der Waals surface area contributed by atoms with E-state index in [-0.39, 0.29) is 12.1 Å². The number of anilines is 1. The van der Waals surface area contributed by atoms with E-state index >= 15 is 0 Å². The highest BCUT2D eigenvalue weighted by Gasteiger charge is 2.25. The second kappa shape index (κ2) is 10.4. The van der Waals surface area contributed by atoms with Crippen molar-refractivity contribution in [3.8, 4) is 11.8 Å². The molecule has 2 rings (SSSR count). The van der Waals surface area contributed by atoms with E-state index in [2.05, 4.69) is 36.0 Å². The van der Waals surface area contributed by atoms with Gasteiger partial charge in [0, 0.05) is 29.7 Å². The molecule has 1 N–H and O–H groups in total. The first kappa shape index (κ1) is 20.6. The number of urea groups is 1. The molecule has 0 saturated heterocycles. The largest absolute Gasteiger partial charge is 0.325 e. The van der Waals surface area contributed by atoms with Gasteiger partial charge in [0.2, 0.25) is 0 Å². The highest BCUT2D eigenvalue weighted by molar-refractivity contribution is 6.30. The van der Waals surface area contributed by atoms with Crippen LogP contribution in [-0.2, 0) is 0 Å². The van der Waals surface area contributed by atoms with E-state index in [9.17, 15) is 4.79 Å². The molecule has 0 bridgehead atoms. The first-order valence-corrected chi connectivity index (χ1v) is 9.83. The van der Waals surface area contributed by atoms with Crippen LogP contribution in [0.4, 0.5) is 10.5 Å². The Morgan fingerprint density at radius 2 is 1.85 bits per heavy atom. The van der Waals surface area contributed by atoms with E-state index in [0.717, 1.165) is 50.9 Å². The predicted molar refractivity (Wildman–Crippen MR) is 110 cm³/mol. The summed E-state index contributed by atoms with van der Waals surface area (Å²) < 4.78 is 0. The minimum absolute atomic E-state index is 0.0666. The number of nitrogens with one attached hydrogen (secondary N) is 1. The van der Waals surface area contributed by atoms with E-state index in [1.807, 2.05) is 24.1 Å². The molecule has 0 atom stereocenters. The van der Waals surface area contributed by atoms with Crippen LogP contribution in [0, 0.1) is 17.8 Å². The third kappa shape index (κ3) is 6.55. The van der Waals surface area contributed by atoms with Crippen LogP contribution in [0.2, 0.25) is 5.02 Å². The smallest absolute Gasteiger partial charge is 0.321 e. The van der Waals surface area contributed by atoms with Gasteiger partial charge in [-0.25, -0.2) is 4.79 Å². The molecule has 4 nitrogen and oxygen atoms in total. The Morgan fingerprint density at radius 3 is 2.46 bits per heavy atom. The Morgan fingerprint density at radius 1 is 1.19 bits per heavy atom. The first-order valence-electron chi connectivity index (χ1n) is 9.46. The summed E-state index contributed by atoms with van der Waals surface area (Å²) in [4.78, 5) is 16.5. The molecule has 1 aliphatic carbocycles. The summed E-state index contributed by atoms with van der Waals surface area (Å²) in [7, 11) is 3.99. The number of rotatable bonds is 5. The average molecular weight is 376 g/mol. The standard InChI is InChI=1S/C21H30ClN3O/c1-4-15-24(2)16-5-6-17-7-13-20(14-8-17)25(3)21(26)23-19-11-9-18(22)10-12-19/h9-12,17,20H,4,7-8,13-16H2,1-3H3,(H,23,26)/t17-,20-. The Hall–Kier alpha value is -1.70. The maximum Gasteiger partial charge on any atom is 0.321 e. The van der Waals surface area contributed by atoms with Crippen LogP contribution < -0.4 is 5.32 Å². The number of halogens is 1. The van der Waals surface area contributed by atoms with E-state index in [4.69, 9.17) is 11.6 Å². The molecule has 2 amide bonds. The molecule has 0 radical (unpaired) electrons. The summed E-state index contributed by atoms with van der Waals surface area (Å²) >= 11 is 5.88. The van der Waals surface area contributed by atoms with Gasteiger partial charge in [0.25, 0.3) is 0 Å². The van der Waals surface area contributed by atoms with Crippen molar-refractivity contribution in [3.05, 3.63) is 29.3 Å². The van der Waals surface area contributed by atoms with Crippen molar-refractivity contribution < 1.29 is 4.79 Å². The lowest BCUT2D eigenvalue weighted by Crippen LogP contribution is -2.41. The minimum atomic E-state index is -0.0666. The third-order valence-corrected chi connectivity index (χ3v) is 5.17. The van der Waals surface area contributed by atoms with Crippen molar-refractivity contribution >= 4 is 23.3 Å². The van der Waals surface area contributed by atoms with Gasteiger partial charge in [0.15, 0.2) is 0 Å². The SMILES string of the molecule is CCCN(C)CC#C[C@H]1CC[C@H](N(C)C(=O)Nc2ccc(Cl)cc2)CC1. The number of carbonyl (C=O) groups is 1. The molecule has 5 heteroatoms. The lowest BCUT2D eigenvalue weighted by Gasteiger charge is -2.33. The Kier molecular flexibility index (Phi) is 8.28. The van der Waals surface area contributed by atoms with Crippen LogP contribution in [0.15, 0.2) is 24.3 Å². The van der Waals surface area contributed by atoms with E-state index in [1.54, 1.807) is 12.1 Å². The minimum Gasteiger partial charge on any atom is -0.325 e. The number of hydrogen-bond donors (Lipinski definition) is 1. The Bertz CT molecular complexity index is 627. The normalized spacial score (nSPS) is 19.6. The molecule has 0 aromatic heterocycles. The van der Waals surface area contributed by atoms with Gasteiger partial charge in [-0.2, -0.15) is 0 Å². The Labute approximate surface area is 162 Å². The number of carbonyl (C=O) groups excluding carboxylic acids is 1. The zero-order valence-electron chi connectivity index (χ0n) is 16.1. The second-order valence-corrected chi connectivity index (χ2v) is 7.55. The van der Waals surface area contributed by atoms with Gasteiger partial charge in [-0.05, 0) is 70.0 Å². The van der Waals surface area contributed by atoms with Gasteiger partial charge in [0.05, 0.1) is 6.54 Å². The van der Waals surface area contributed by atoms with E-state index in [1.165, 1.54) is 0 Å². The quantitative estimate of drug-likeness (QED) is 0.756. The fraction of sp³-hybridized carbons (Fsp3) is 0.571. The summed E-state index contributed by atoms with van der Waals surface area (Å²) in [6.07, 6.45) is 5.30. The van der Waals surface area contributed by atoms with Crippen LogP contribution in [-0.4, -0.2) is 49.1 Å². The second-order valence-electron chi connectivity index (χ2n) is 7.11. The van der Waals surface area contributed by atoms with E-state index in [0.29, 0.717) is 10.9 Å². The van der Waals surface area contributed by atoms with Crippen molar-refractivity contribution in [2.24, 2.45) is 5.92 Å². The summed E-state index contributed by atoms with van der Waals surface area (Å²) in [5.74, 6) is 7.20. The topological polar surface area (TPSA) is 35.6 Å². The van der Waals surface area contributed by atoms with Crippen LogP contribution in [0.25, 0.3) is 0 Å². The molecule has 1 aliphatic rings. The van der Waals surface area contributed by atoms with Gasteiger partial charge in [0.1, 0.15) is 0 Å². The van der Waals surface area contributed by atoms with Crippen molar-refractivity contribution in [3.63, 3.8) is 0 Å². The van der Waals surface area contributed by atoms with Crippen molar-refractivity contribution in [2.75, 3.05) is 32.5 Å². The van der Waals surface area contributed by atoms with Crippen LogP contribution >= 0.6 is 11.6 Å². The van der Waals surface area contributed by atoms with Crippen LogP contribution in [0.1, 0.15) is 39.0 Å². The highest BCUT2D eigenvalue weighted by Crippen LogP contribution is 2.27. The monoisotopic (exact) mass is 375 g/mol. The first-order chi connectivity index (χ1) is 12.5.